The number of piperidine rings is 1. The van der Waals surface area contributed by atoms with Crippen LogP contribution >= 0.6 is 24.0 Å². The molecule has 1 fully saturated rings. The molecule has 0 saturated carbocycles. The van der Waals surface area contributed by atoms with Gasteiger partial charge in [-0.3, -0.25) is 4.99 Å². The number of sulfonamides is 1. The zero-order chi connectivity index (χ0) is 18.1. The van der Waals surface area contributed by atoms with E-state index < -0.39 is 10.0 Å². The summed E-state index contributed by atoms with van der Waals surface area (Å²) in [7, 11) is -1.65. The van der Waals surface area contributed by atoms with Crippen LogP contribution in [-0.4, -0.2) is 45.4 Å². The Morgan fingerprint density at radius 3 is 2.58 bits per heavy atom. The minimum Gasteiger partial charge on any atom is -0.356 e. The van der Waals surface area contributed by atoms with Gasteiger partial charge in [-0.25, -0.2) is 8.42 Å². The molecule has 1 saturated heterocycles. The maximum atomic E-state index is 12.8. The third kappa shape index (κ3) is 6.70. The molecule has 1 aromatic carbocycles. The number of rotatable bonds is 7. The Kier molecular flexibility index (Phi) is 10.5. The Bertz CT molecular complexity index is 674. The lowest BCUT2D eigenvalue weighted by molar-refractivity contribution is 0.346. The molecule has 1 aliphatic rings. The van der Waals surface area contributed by atoms with Gasteiger partial charge >= 0.3 is 0 Å². The van der Waals surface area contributed by atoms with Crippen LogP contribution in [0.5, 0.6) is 0 Å². The van der Waals surface area contributed by atoms with Crippen LogP contribution < -0.4 is 10.6 Å². The van der Waals surface area contributed by atoms with Crippen LogP contribution in [0.2, 0.25) is 0 Å². The third-order valence-corrected chi connectivity index (χ3v) is 6.25. The summed E-state index contributed by atoms with van der Waals surface area (Å²) in [5.41, 5.74) is 0.927. The minimum absolute atomic E-state index is 0. The van der Waals surface area contributed by atoms with Crippen LogP contribution in [0.3, 0.4) is 0 Å². The fourth-order valence-electron chi connectivity index (χ4n) is 2.86. The smallest absolute Gasteiger partial charge is 0.243 e. The molecule has 1 aromatic rings. The predicted molar refractivity (Wildman–Crippen MR) is 118 cm³/mol. The molecule has 148 valence electrons. The van der Waals surface area contributed by atoms with Crippen molar-refractivity contribution in [2.45, 2.75) is 50.5 Å². The first kappa shape index (κ1) is 23.2. The maximum absolute atomic E-state index is 12.8. The van der Waals surface area contributed by atoms with Crippen LogP contribution in [-0.2, 0) is 16.6 Å². The average Bonchev–Trinajstić information content (AvgIpc) is 2.65. The highest BCUT2D eigenvalue weighted by Crippen LogP contribution is 2.21. The normalized spacial score (nSPS) is 16.0. The molecule has 0 aromatic heterocycles. The Morgan fingerprint density at radius 2 is 1.92 bits per heavy atom. The molecule has 0 bridgehead atoms. The largest absolute Gasteiger partial charge is 0.356 e. The standard InChI is InChI=1S/C18H30N4O2S.HI/c1-3-4-11-20-18(19-2)21-15-16-9-8-10-17(14-16)25(23,24)22-12-6-5-7-13-22;/h8-10,14H,3-7,11-13,15H2,1-2H3,(H2,19,20,21);1H. The van der Waals surface area contributed by atoms with Crippen molar-refractivity contribution in [3.8, 4) is 0 Å². The highest BCUT2D eigenvalue weighted by Gasteiger charge is 2.25. The van der Waals surface area contributed by atoms with E-state index in [1.807, 2.05) is 6.07 Å². The molecule has 0 atom stereocenters. The number of guanidine groups is 1. The van der Waals surface area contributed by atoms with Crippen LogP contribution in [0.15, 0.2) is 34.2 Å². The van der Waals surface area contributed by atoms with E-state index in [0.29, 0.717) is 24.5 Å². The van der Waals surface area contributed by atoms with E-state index in [1.54, 1.807) is 29.6 Å². The molecule has 2 rings (SSSR count). The van der Waals surface area contributed by atoms with Crippen molar-refractivity contribution in [1.82, 2.24) is 14.9 Å². The summed E-state index contributed by atoms with van der Waals surface area (Å²) < 4.78 is 27.2. The molecule has 0 spiro atoms. The van der Waals surface area contributed by atoms with E-state index in [-0.39, 0.29) is 24.0 Å². The van der Waals surface area contributed by atoms with Gasteiger partial charge in [0.15, 0.2) is 5.96 Å². The summed E-state index contributed by atoms with van der Waals surface area (Å²) in [4.78, 5) is 4.56. The van der Waals surface area contributed by atoms with Gasteiger partial charge in [0.25, 0.3) is 0 Å². The third-order valence-electron chi connectivity index (χ3n) is 4.36. The molecule has 1 aliphatic heterocycles. The Balaban J connectivity index is 0.00000338. The van der Waals surface area contributed by atoms with Crippen LogP contribution in [0.25, 0.3) is 0 Å². The first-order chi connectivity index (χ1) is 12.1. The van der Waals surface area contributed by atoms with Crippen molar-refractivity contribution in [3.63, 3.8) is 0 Å². The van der Waals surface area contributed by atoms with Gasteiger partial charge in [-0.15, -0.1) is 24.0 Å². The monoisotopic (exact) mass is 494 g/mol. The zero-order valence-electron chi connectivity index (χ0n) is 15.7. The number of benzene rings is 1. The second-order valence-electron chi connectivity index (χ2n) is 6.32. The molecule has 8 heteroatoms. The number of nitrogens with zero attached hydrogens (tertiary/aromatic N) is 2. The van der Waals surface area contributed by atoms with Gasteiger partial charge in [0.05, 0.1) is 4.90 Å². The summed E-state index contributed by atoms with van der Waals surface area (Å²) in [5.74, 6) is 0.734. The van der Waals surface area contributed by atoms with E-state index in [9.17, 15) is 8.42 Å². The number of aliphatic imine (C=N–C) groups is 1. The van der Waals surface area contributed by atoms with Crippen LogP contribution in [0, 0.1) is 0 Å². The Labute approximate surface area is 174 Å². The first-order valence-electron chi connectivity index (χ1n) is 9.11. The molecule has 0 amide bonds. The van der Waals surface area contributed by atoms with Crippen LogP contribution in [0.4, 0.5) is 0 Å². The Hall–Kier alpha value is -0.870. The number of nitrogens with one attached hydrogen (secondary N) is 2. The molecule has 1 heterocycles. The first-order valence-corrected chi connectivity index (χ1v) is 10.6. The second-order valence-corrected chi connectivity index (χ2v) is 8.26. The van der Waals surface area contributed by atoms with Gasteiger partial charge in [-0.05, 0) is 37.0 Å². The lowest BCUT2D eigenvalue weighted by Crippen LogP contribution is -2.37. The summed E-state index contributed by atoms with van der Waals surface area (Å²) in [6.07, 6.45) is 5.21. The molecular formula is C18H31IN4O2S. The highest BCUT2D eigenvalue weighted by molar-refractivity contribution is 14.0. The van der Waals surface area contributed by atoms with E-state index in [1.165, 1.54) is 0 Å². The number of halogens is 1. The molecule has 0 aliphatic carbocycles. The molecular weight excluding hydrogens is 463 g/mol. The predicted octanol–water partition coefficient (Wildman–Crippen LogP) is 2.94. The number of hydrogen-bond donors (Lipinski definition) is 2. The van der Waals surface area contributed by atoms with Gasteiger partial charge < -0.3 is 10.6 Å². The van der Waals surface area contributed by atoms with Gasteiger partial charge in [-0.2, -0.15) is 4.31 Å². The van der Waals surface area contributed by atoms with Gasteiger partial charge in [0.2, 0.25) is 10.0 Å². The van der Waals surface area contributed by atoms with Crippen molar-refractivity contribution in [2.75, 3.05) is 26.7 Å². The molecule has 0 unspecified atom stereocenters. The minimum atomic E-state index is -3.39. The Morgan fingerprint density at radius 1 is 1.19 bits per heavy atom. The topological polar surface area (TPSA) is 73.8 Å². The van der Waals surface area contributed by atoms with Crippen LogP contribution in [0.1, 0.15) is 44.6 Å². The summed E-state index contributed by atoms with van der Waals surface area (Å²) in [6, 6.07) is 7.18. The van der Waals surface area contributed by atoms with Crippen molar-refractivity contribution in [3.05, 3.63) is 29.8 Å². The lowest BCUT2D eigenvalue weighted by Gasteiger charge is -2.26. The van der Waals surface area contributed by atoms with Crippen molar-refractivity contribution >= 4 is 40.0 Å². The molecule has 2 N–H and O–H groups in total. The highest BCUT2D eigenvalue weighted by atomic mass is 127. The molecule has 0 radical (unpaired) electrons. The average molecular weight is 494 g/mol. The number of unbranched alkanes of at least 4 members (excludes halogenated alkanes) is 1. The van der Waals surface area contributed by atoms with E-state index in [2.05, 4.69) is 22.5 Å². The molecule has 6 nitrogen and oxygen atoms in total. The van der Waals surface area contributed by atoms with E-state index in [0.717, 1.165) is 50.2 Å². The van der Waals surface area contributed by atoms with Crippen molar-refractivity contribution in [2.24, 2.45) is 4.99 Å². The SMILES string of the molecule is CCCCNC(=NC)NCc1cccc(S(=O)(=O)N2CCCCC2)c1.I. The van der Waals surface area contributed by atoms with Gasteiger partial charge in [0.1, 0.15) is 0 Å². The summed E-state index contributed by atoms with van der Waals surface area (Å²) >= 11 is 0. The zero-order valence-corrected chi connectivity index (χ0v) is 18.8. The fourth-order valence-corrected chi connectivity index (χ4v) is 4.45. The maximum Gasteiger partial charge on any atom is 0.243 e. The fraction of sp³-hybridized carbons (Fsp3) is 0.611. The van der Waals surface area contributed by atoms with Crippen molar-refractivity contribution < 1.29 is 8.42 Å². The van der Waals surface area contributed by atoms with E-state index >= 15 is 0 Å². The summed E-state index contributed by atoms with van der Waals surface area (Å²) in [6.45, 7) is 4.80. The molecule has 26 heavy (non-hydrogen) atoms. The second kappa shape index (κ2) is 11.8. The van der Waals surface area contributed by atoms with Gasteiger partial charge in [0, 0.05) is 33.2 Å². The van der Waals surface area contributed by atoms with E-state index in [4.69, 9.17) is 0 Å². The quantitative estimate of drug-likeness (QED) is 0.265. The number of hydrogen-bond acceptors (Lipinski definition) is 3. The van der Waals surface area contributed by atoms with Crippen molar-refractivity contribution in [1.29, 1.82) is 0 Å². The lowest BCUT2D eigenvalue weighted by atomic mass is 10.2. The summed E-state index contributed by atoms with van der Waals surface area (Å²) in [5, 5.41) is 6.48. The van der Waals surface area contributed by atoms with Gasteiger partial charge in [-0.1, -0.05) is 31.9 Å².